The molecule has 1 amide bonds. The number of hydrogen-bond acceptors (Lipinski definition) is 6. The Hall–Kier alpha value is -3.85. The van der Waals surface area contributed by atoms with Crippen molar-refractivity contribution >= 4 is 35.4 Å². The lowest BCUT2D eigenvalue weighted by atomic mass is 9.59. The molecule has 4 N–H and O–H groups in total. The number of carbonyl (C=O) groups excluding carboxylic acids is 2. The van der Waals surface area contributed by atoms with Crippen LogP contribution in [0.25, 0.3) is 0 Å². The molecule has 3 atom stereocenters. The lowest BCUT2D eigenvalue weighted by Crippen LogP contribution is -2.81. The van der Waals surface area contributed by atoms with Gasteiger partial charge in [0.1, 0.15) is 0 Å². The van der Waals surface area contributed by atoms with Gasteiger partial charge >= 0.3 is 17.9 Å². The molecule has 2 aromatic carbocycles. The molecule has 1 fully saturated rings. The highest BCUT2D eigenvalue weighted by Gasteiger charge is 2.72. The van der Waals surface area contributed by atoms with Crippen molar-refractivity contribution in [3.8, 4) is 0 Å². The zero-order valence-electron chi connectivity index (χ0n) is 18.9. The number of benzene rings is 2. The number of carbonyl (C=O) groups is 4. The van der Waals surface area contributed by atoms with Crippen LogP contribution in [0.4, 0.5) is 0 Å². The van der Waals surface area contributed by atoms with E-state index in [0.717, 1.165) is 0 Å². The summed E-state index contributed by atoms with van der Waals surface area (Å²) in [6.45, 7) is 3.22. The zero-order valence-corrected chi connectivity index (χ0v) is 19.7. The number of hydrogen-bond donors (Lipinski definition) is 4. The van der Waals surface area contributed by atoms with Gasteiger partial charge in [-0.3, -0.25) is 4.79 Å². The van der Waals surface area contributed by atoms with Crippen LogP contribution in [0, 0.1) is 0 Å². The molecule has 0 saturated carbocycles. The van der Waals surface area contributed by atoms with E-state index in [1.165, 1.54) is 18.2 Å². The largest absolute Gasteiger partial charge is 0.478 e. The molecule has 2 aliphatic rings. The Bertz CT molecular complexity index is 1290. The Balaban J connectivity index is 1.70. The third kappa shape index (κ3) is 3.81. The third-order valence-corrected chi connectivity index (χ3v) is 6.96. The minimum Gasteiger partial charge on any atom is -0.478 e. The van der Waals surface area contributed by atoms with E-state index in [0.29, 0.717) is 16.3 Å². The normalized spacial score (nSPS) is 25.0. The summed E-state index contributed by atoms with van der Waals surface area (Å²) >= 11 is 6.20. The molecule has 1 saturated heterocycles. The summed E-state index contributed by atoms with van der Waals surface area (Å²) in [6, 6.07) is 12.5. The van der Waals surface area contributed by atoms with E-state index in [-0.39, 0.29) is 29.7 Å². The van der Waals surface area contributed by atoms with Gasteiger partial charge in [0, 0.05) is 23.7 Å². The Morgan fingerprint density at radius 3 is 2.37 bits per heavy atom. The lowest BCUT2D eigenvalue weighted by molar-refractivity contribution is -0.230. The molecule has 2 aromatic rings. The van der Waals surface area contributed by atoms with Gasteiger partial charge in [-0.15, -0.1) is 0 Å². The van der Waals surface area contributed by atoms with Crippen LogP contribution in [0.3, 0.4) is 0 Å². The summed E-state index contributed by atoms with van der Waals surface area (Å²) in [6.07, 6.45) is 0.0600. The first-order valence-corrected chi connectivity index (χ1v) is 11.2. The highest BCUT2D eigenvalue weighted by atomic mass is 35.5. The fraction of sp³-hybridized carbons (Fsp3) is 0.280. The van der Waals surface area contributed by atoms with Crippen LogP contribution in [0.15, 0.2) is 59.8 Å². The molecule has 0 spiro atoms. The second-order valence-corrected chi connectivity index (χ2v) is 9.15. The summed E-state index contributed by atoms with van der Waals surface area (Å²) in [5, 5.41) is 25.5. The number of esters is 1. The summed E-state index contributed by atoms with van der Waals surface area (Å²) in [5.74, 6) is -4.44. The maximum atomic E-state index is 12.8. The summed E-state index contributed by atoms with van der Waals surface area (Å²) in [5.41, 5.74) is -1.85. The molecule has 0 aliphatic carbocycles. The van der Waals surface area contributed by atoms with Gasteiger partial charge in [0.05, 0.1) is 22.6 Å². The van der Waals surface area contributed by atoms with Crippen molar-refractivity contribution in [2.24, 2.45) is 0 Å². The van der Waals surface area contributed by atoms with E-state index in [4.69, 9.17) is 16.3 Å². The van der Waals surface area contributed by atoms with Crippen molar-refractivity contribution in [3.63, 3.8) is 0 Å². The Kier molecular flexibility index (Phi) is 6.06. The molecular formula is C25H23ClN2O7. The van der Waals surface area contributed by atoms with Gasteiger partial charge in [-0.25, -0.2) is 14.4 Å². The van der Waals surface area contributed by atoms with Gasteiger partial charge in [-0.05, 0) is 43.7 Å². The van der Waals surface area contributed by atoms with Crippen molar-refractivity contribution in [1.82, 2.24) is 10.6 Å². The summed E-state index contributed by atoms with van der Waals surface area (Å²) in [4.78, 5) is 49.2. The quantitative estimate of drug-likeness (QED) is 0.427. The SMILES string of the molecule is CC1=C(C(=O)O)[C@@H](c2cccc(Cl)c2)C2(CCNC(=O)c3ccccc3C(=O)O)OC(=O)C2(C)N1. The Morgan fingerprint density at radius 1 is 1.09 bits per heavy atom. The van der Waals surface area contributed by atoms with Crippen LogP contribution in [0.5, 0.6) is 0 Å². The number of ether oxygens (including phenoxy) is 1. The maximum absolute atomic E-state index is 12.8. The van der Waals surface area contributed by atoms with E-state index >= 15 is 0 Å². The third-order valence-electron chi connectivity index (χ3n) is 6.72. The fourth-order valence-electron chi connectivity index (χ4n) is 5.07. The molecular weight excluding hydrogens is 476 g/mol. The van der Waals surface area contributed by atoms with Gasteiger partial charge in [-0.2, -0.15) is 0 Å². The maximum Gasteiger partial charge on any atom is 0.336 e. The van der Waals surface area contributed by atoms with E-state index in [1.807, 2.05) is 0 Å². The lowest BCUT2D eigenvalue weighted by Gasteiger charge is -2.61. The van der Waals surface area contributed by atoms with Gasteiger partial charge in [0.25, 0.3) is 5.91 Å². The number of amides is 1. The Labute approximate surface area is 205 Å². The minimum absolute atomic E-state index is 0.0130. The van der Waals surface area contributed by atoms with Crippen molar-refractivity contribution in [2.75, 3.05) is 6.54 Å². The summed E-state index contributed by atoms with van der Waals surface area (Å²) < 4.78 is 5.73. The highest BCUT2D eigenvalue weighted by molar-refractivity contribution is 6.30. The predicted octanol–water partition coefficient (Wildman–Crippen LogP) is 2.96. The second-order valence-electron chi connectivity index (χ2n) is 8.72. The first-order chi connectivity index (χ1) is 16.5. The van der Waals surface area contributed by atoms with Crippen LogP contribution in [0.2, 0.25) is 5.02 Å². The van der Waals surface area contributed by atoms with Crippen molar-refractivity contribution in [2.45, 2.75) is 37.3 Å². The first-order valence-electron chi connectivity index (χ1n) is 10.8. The fourth-order valence-corrected chi connectivity index (χ4v) is 5.27. The molecule has 0 radical (unpaired) electrons. The van der Waals surface area contributed by atoms with Crippen LogP contribution in [0.1, 0.15) is 52.5 Å². The number of carboxylic acid groups (broad SMARTS) is 2. The van der Waals surface area contributed by atoms with Crippen molar-refractivity contribution < 1.29 is 34.1 Å². The van der Waals surface area contributed by atoms with Crippen LogP contribution < -0.4 is 10.6 Å². The average molecular weight is 499 g/mol. The molecule has 2 aliphatic heterocycles. The van der Waals surface area contributed by atoms with Crippen molar-refractivity contribution in [3.05, 3.63) is 81.5 Å². The van der Waals surface area contributed by atoms with Gasteiger partial charge in [-0.1, -0.05) is 35.9 Å². The van der Waals surface area contributed by atoms with Crippen LogP contribution >= 0.6 is 11.6 Å². The number of aromatic carboxylic acids is 1. The molecule has 35 heavy (non-hydrogen) atoms. The predicted molar refractivity (Wildman–Crippen MR) is 125 cm³/mol. The molecule has 182 valence electrons. The molecule has 10 heteroatoms. The molecule has 0 aromatic heterocycles. The van der Waals surface area contributed by atoms with Gasteiger partial charge < -0.3 is 25.6 Å². The topological polar surface area (TPSA) is 142 Å². The highest BCUT2D eigenvalue weighted by Crippen LogP contribution is 2.56. The molecule has 4 rings (SSSR count). The van der Waals surface area contributed by atoms with Crippen LogP contribution in [-0.2, 0) is 14.3 Å². The minimum atomic E-state index is -1.35. The standard InChI is InChI=1S/C25H23ClN2O7/c1-13-18(22(32)33)19(14-6-5-7-15(26)12-14)25(24(2,28-13)23(34)35-25)10-11-27-20(29)16-8-3-4-9-17(16)21(30)31/h3-9,12,19,28H,10-11H2,1-2H3,(H,27,29)(H,30,31)(H,32,33)/t19-,24?,25?/m1/s1. The van der Waals surface area contributed by atoms with E-state index in [1.54, 1.807) is 44.2 Å². The Morgan fingerprint density at radius 2 is 1.77 bits per heavy atom. The van der Waals surface area contributed by atoms with Gasteiger partial charge in [0.15, 0.2) is 11.1 Å². The number of halogens is 1. The number of rotatable bonds is 7. The zero-order chi connectivity index (χ0) is 25.5. The molecule has 0 bridgehead atoms. The number of fused-ring (bicyclic) bond motifs is 1. The molecule has 9 nitrogen and oxygen atoms in total. The van der Waals surface area contributed by atoms with E-state index in [9.17, 15) is 29.4 Å². The summed E-state index contributed by atoms with van der Waals surface area (Å²) in [7, 11) is 0. The monoisotopic (exact) mass is 498 g/mol. The second kappa shape index (κ2) is 8.74. The average Bonchev–Trinajstić information content (AvgIpc) is 2.80. The number of nitrogens with one attached hydrogen (secondary N) is 2. The first kappa shape index (κ1) is 24.3. The van der Waals surface area contributed by atoms with Crippen LogP contribution in [-0.4, -0.2) is 51.7 Å². The molecule has 2 heterocycles. The molecule has 2 unspecified atom stereocenters. The van der Waals surface area contributed by atoms with Gasteiger partial charge in [0.2, 0.25) is 0 Å². The number of carboxylic acids is 2. The van der Waals surface area contributed by atoms with E-state index in [2.05, 4.69) is 10.6 Å². The van der Waals surface area contributed by atoms with Crippen molar-refractivity contribution in [1.29, 1.82) is 0 Å². The van der Waals surface area contributed by atoms with E-state index < -0.39 is 40.9 Å². The number of aliphatic carboxylic acids is 1. The number of allylic oxidation sites excluding steroid dienone is 1. The smallest absolute Gasteiger partial charge is 0.336 e.